The van der Waals surface area contributed by atoms with E-state index in [9.17, 15) is 14.9 Å². The van der Waals surface area contributed by atoms with Gasteiger partial charge in [0.1, 0.15) is 6.61 Å². The number of methoxy groups -OCH3 is 1. The molecule has 2 saturated heterocycles. The molecule has 0 bridgehead atoms. The molecule has 1 N–H and O–H groups in total. The lowest BCUT2D eigenvalue weighted by atomic mass is 9.77. The first-order valence-corrected chi connectivity index (χ1v) is 11.1. The van der Waals surface area contributed by atoms with Crippen LogP contribution in [-0.2, 0) is 10.3 Å². The van der Waals surface area contributed by atoms with Crippen LogP contribution in [0.2, 0.25) is 5.02 Å². The van der Waals surface area contributed by atoms with Crippen molar-refractivity contribution >= 4 is 23.2 Å². The maximum atomic E-state index is 13.5. The molecule has 4 atom stereocenters. The van der Waals surface area contributed by atoms with Crippen LogP contribution in [0.15, 0.2) is 36.4 Å². The van der Waals surface area contributed by atoms with Gasteiger partial charge in [-0.15, -0.1) is 6.42 Å². The number of para-hydroxylation sites is 1. The topological polar surface area (TPSA) is 93.9 Å². The number of hydrogen-bond acceptors (Lipinski definition) is 6. The Kier molecular flexibility index (Phi) is 5.19. The van der Waals surface area contributed by atoms with Crippen LogP contribution in [0, 0.1) is 22.5 Å². The van der Waals surface area contributed by atoms with Gasteiger partial charge in [0, 0.05) is 28.8 Å². The summed E-state index contributed by atoms with van der Waals surface area (Å²) < 4.78 is 11.0. The zero-order chi connectivity index (χ0) is 23.3. The zero-order valence-electron chi connectivity index (χ0n) is 17.9. The molecule has 3 aliphatic heterocycles. The molecule has 3 aliphatic rings. The number of rotatable bonds is 5. The van der Waals surface area contributed by atoms with Crippen LogP contribution in [0.1, 0.15) is 29.9 Å². The highest BCUT2D eigenvalue weighted by atomic mass is 35.5. The molecule has 0 saturated carbocycles. The molecular formula is C24H22ClN3O5. The molecule has 8 nitrogen and oxygen atoms in total. The van der Waals surface area contributed by atoms with Crippen LogP contribution >= 0.6 is 11.6 Å². The van der Waals surface area contributed by atoms with Gasteiger partial charge >= 0.3 is 0 Å². The molecule has 0 unspecified atom stereocenters. The van der Waals surface area contributed by atoms with Gasteiger partial charge in [-0.1, -0.05) is 35.7 Å². The number of nitrogens with one attached hydrogen (secondary N) is 1. The third-order valence-corrected chi connectivity index (χ3v) is 7.31. The Hall–Kier alpha value is -3.28. The van der Waals surface area contributed by atoms with E-state index in [0.717, 1.165) is 12.8 Å². The molecule has 2 aromatic rings. The minimum Gasteiger partial charge on any atom is -0.493 e. The second-order valence-corrected chi connectivity index (χ2v) is 8.86. The van der Waals surface area contributed by atoms with E-state index in [0.29, 0.717) is 34.9 Å². The van der Waals surface area contributed by atoms with E-state index in [-0.39, 0.29) is 28.5 Å². The molecule has 1 spiro atoms. The van der Waals surface area contributed by atoms with Gasteiger partial charge in [0.25, 0.3) is 11.9 Å². The van der Waals surface area contributed by atoms with Crippen LogP contribution in [0.5, 0.6) is 11.5 Å². The summed E-state index contributed by atoms with van der Waals surface area (Å²) in [5, 5.41) is 15.8. The third kappa shape index (κ3) is 2.93. The predicted molar refractivity (Wildman–Crippen MR) is 122 cm³/mol. The highest BCUT2D eigenvalue weighted by Crippen LogP contribution is 2.58. The van der Waals surface area contributed by atoms with Crippen molar-refractivity contribution in [1.82, 2.24) is 4.90 Å². The Bertz CT molecular complexity index is 1200. The Balaban J connectivity index is 1.70. The number of terminal acetylenes is 1. The molecule has 2 fully saturated rings. The van der Waals surface area contributed by atoms with Crippen molar-refractivity contribution < 1.29 is 19.2 Å². The Morgan fingerprint density at radius 2 is 2.18 bits per heavy atom. The second kappa shape index (κ2) is 7.94. The Labute approximate surface area is 196 Å². The van der Waals surface area contributed by atoms with E-state index in [1.165, 1.54) is 7.11 Å². The first-order valence-electron chi connectivity index (χ1n) is 10.7. The fourth-order valence-corrected chi connectivity index (χ4v) is 6.24. The quantitative estimate of drug-likeness (QED) is 0.411. The summed E-state index contributed by atoms with van der Waals surface area (Å²) in [5.74, 6) is 2.09. The number of fused-ring (bicyclic) bond motifs is 4. The first-order chi connectivity index (χ1) is 15.9. The largest absolute Gasteiger partial charge is 0.493 e. The molecule has 5 rings (SSSR count). The van der Waals surface area contributed by atoms with Crippen molar-refractivity contribution in [2.45, 2.75) is 36.4 Å². The summed E-state index contributed by atoms with van der Waals surface area (Å²) in [5.41, 5.74) is 0.523. The minimum absolute atomic E-state index is 0.00679. The number of anilines is 1. The van der Waals surface area contributed by atoms with Crippen molar-refractivity contribution in [3.8, 4) is 23.8 Å². The number of benzene rings is 2. The molecule has 0 aliphatic carbocycles. The van der Waals surface area contributed by atoms with Gasteiger partial charge in [-0.3, -0.25) is 19.8 Å². The van der Waals surface area contributed by atoms with E-state index in [4.69, 9.17) is 27.5 Å². The van der Waals surface area contributed by atoms with Gasteiger partial charge < -0.3 is 14.8 Å². The summed E-state index contributed by atoms with van der Waals surface area (Å²) in [4.78, 5) is 27.9. The third-order valence-electron chi connectivity index (χ3n) is 7.03. The second-order valence-electron chi connectivity index (χ2n) is 8.45. The van der Waals surface area contributed by atoms with E-state index in [1.54, 1.807) is 18.2 Å². The van der Waals surface area contributed by atoms with E-state index in [2.05, 4.69) is 11.2 Å². The molecule has 2 aromatic carbocycles. The molecule has 0 aromatic heterocycles. The summed E-state index contributed by atoms with van der Waals surface area (Å²) in [6.07, 6.45) is 6.88. The number of ether oxygens (including phenoxy) is 2. The van der Waals surface area contributed by atoms with Gasteiger partial charge in [0.05, 0.1) is 18.1 Å². The smallest absolute Gasteiger partial charge is 0.256 e. The number of carbonyl (C=O) groups excluding carboxylic acids is 1. The number of carbonyl (C=O) groups is 1. The maximum Gasteiger partial charge on any atom is 0.256 e. The Morgan fingerprint density at radius 1 is 1.39 bits per heavy atom. The monoisotopic (exact) mass is 467 g/mol. The highest BCUT2D eigenvalue weighted by molar-refractivity contribution is 6.32. The van der Waals surface area contributed by atoms with Gasteiger partial charge in [0.2, 0.25) is 0 Å². The van der Waals surface area contributed by atoms with Gasteiger partial charge in [-0.05, 0) is 36.6 Å². The van der Waals surface area contributed by atoms with E-state index >= 15 is 0 Å². The average molecular weight is 468 g/mol. The highest BCUT2D eigenvalue weighted by Gasteiger charge is 2.73. The molecule has 1 amide bonds. The maximum absolute atomic E-state index is 13.5. The zero-order valence-corrected chi connectivity index (χ0v) is 18.7. The minimum atomic E-state index is -1.38. The van der Waals surface area contributed by atoms with Gasteiger partial charge in [-0.2, -0.15) is 0 Å². The summed E-state index contributed by atoms with van der Waals surface area (Å²) in [6, 6.07) is 9.21. The lowest BCUT2D eigenvalue weighted by Gasteiger charge is -2.32. The normalized spacial score (nSPS) is 27.7. The molecule has 33 heavy (non-hydrogen) atoms. The number of hydrogen-bond donors (Lipinski definition) is 1. The van der Waals surface area contributed by atoms with Crippen LogP contribution in [0.25, 0.3) is 0 Å². The lowest BCUT2D eigenvalue weighted by Crippen LogP contribution is -2.55. The van der Waals surface area contributed by atoms with Crippen molar-refractivity contribution in [3.63, 3.8) is 0 Å². The van der Waals surface area contributed by atoms with Crippen LogP contribution in [-0.4, -0.2) is 48.1 Å². The summed E-state index contributed by atoms with van der Waals surface area (Å²) >= 11 is 6.52. The SMILES string of the molecule is C#CCOc1c(Cl)cc([C@@H]2[C@@H]3CCCN3[C@@]3(C(=O)Nc4ccccc43)[C@@H]2[N+](=O)[O-])cc1OC. The van der Waals surface area contributed by atoms with Gasteiger partial charge in [0.15, 0.2) is 17.0 Å². The average Bonchev–Trinajstić information content (AvgIpc) is 3.45. The van der Waals surface area contributed by atoms with Gasteiger partial charge in [-0.25, -0.2) is 0 Å². The number of amides is 1. The lowest BCUT2D eigenvalue weighted by molar-refractivity contribution is -0.534. The van der Waals surface area contributed by atoms with Crippen molar-refractivity contribution in [2.24, 2.45) is 0 Å². The standard InChI is InChI=1S/C24H22ClN3O5/c1-3-11-33-21-16(25)12-14(13-19(21)32-2)20-18-9-6-10-27(18)24(22(20)28(30)31)15-7-4-5-8-17(15)26-23(24)29/h1,4-5,7-8,12-13,18,20,22H,6,9-11H2,2H3,(H,26,29)/t18-,20+,22+,24+/m0/s1. The van der Waals surface area contributed by atoms with Crippen LogP contribution in [0.4, 0.5) is 5.69 Å². The molecule has 9 heteroatoms. The fourth-order valence-electron chi connectivity index (χ4n) is 5.96. The van der Waals surface area contributed by atoms with E-state index in [1.807, 2.05) is 23.1 Å². The summed E-state index contributed by atoms with van der Waals surface area (Å²) in [7, 11) is 1.47. The van der Waals surface area contributed by atoms with E-state index < -0.39 is 17.5 Å². The van der Waals surface area contributed by atoms with Crippen molar-refractivity contribution in [1.29, 1.82) is 0 Å². The van der Waals surface area contributed by atoms with Crippen LogP contribution in [0.3, 0.4) is 0 Å². The molecule has 170 valence electrons. The van der Waals surface area contributed by atoms with Crippen molar-refractivity contribution in [2.75, 3.05) is 25.6 Å². The number of halogens is 1. The summed E-state index contributed by atoms with van der Waals surface area (Å²) in [6.45, 7) is 0.605. The fraction of sp³-hybridized carbons (Fsp3) is 0.375. The van der Waals surface area contributed by atoms with Crippen molar-refractivity contribution in [3.05, 3.63) is 62.7 Å². The first kappa shape index (κ1) is 21.6. The predicted octanol–water partition coefficient (Wildman–Crippen LogP) is 3.42. The Morgan fingerprint density at radius 3 is 2.91 bits per heavy atom. The van der Waals surface area contributed by atoms with Crippen LogP contribution < -0.4 is 14.8 Å². The number of nitro groups is 1. The number of nitrogens with zero attached hydrogens (tertiary/aromatic N) is 2. The molecule has 3 heterocycles. The molecule has 0 radical (unpaired) electrons. The molecular weight excluding hydrogens is 446 g/mol.